The minimum absolute atomic E-state index is 0.0204. The van der Waals surface area contributed by atoms with Crippen LogP contribution in [0.15, 0.2) is 48.5 Å². The van der Waals surface area contributed by atoms with Gasteiger partial charge in [-0.3, -0.25) is 9.59 Å². The van der Waals surface area contributed by atoms with Gasteiger partial charge in [0.25, 0.3) is 0 Å². The van der Waals surface area contributed by atoms with E-state index in [-0.39, 0.29) is 27.0 Å². The summed E-state index contributed by atoms with van der Waals surface area (Å²) in [6, 6.07) is 10.0. The summed E-state index contributed by atoms with van der Waals surface area (Å²) in [6.07, 6.45) is -0.637. The Morgan fingerprint density at radius 2 is 1.63 bits per heavy atom. The van der Waals surface area contributed by atoms with Gasteiger partial charge in [0.2, 0.25) is 5.91 Å². The lowest BCUT2D eigenvalue weighted by Crippen LogP contribution is -2.17. The molecule has 0 heterocycles. The van der Waals surface area contributed by atoms with E-state index in [2.05, 4.69) is 5.32 Å². The maximum Gasteiger partial charge on any atom is 0.231 e. The van der Waals surface area contributed by atoms with Crippen molar-refractivity contribution in [3.05, 3.63) is 92.7 Å². The minimum atomic E-state index is -1.46. The number of nitrogens with one attached hydrogen (secondary N) is 1. The molecule has 0 radical (unpaired) electrons. The van der Waals surface area contributed by atoms with Crippen molar-refractivity contribution in [2.24, 2.45) is 5.92 Å². The highest BCUT2D eigenvalue weighted by molar-refractivity contribution is 6.53. The Morgan fingerprint density at radius 1 is 0.943 bits per heavy atom. The lowest BCUT2D eigenvalue weighted by molar-refractivity contribution is -0.117. The molecule has 0 bridgehead atoms. The predicted molar refractivity (Wildman–Crippen MR) is 131 cm³/mol. The maximum absolute atomic E-state index is 14.2. The third-order valence-corrected chi connectivity index (χ3v) is 7.29. The number of ketones is 1. The highest BCUT2D eigenvalue weighted by Gasteiger charge is 2.67. The molecular formula is C24H15Cl4F3N2O2. The Labute approximate surface area is 218 Å². The molecule has 2 atom stereocenters. The van der Waals surface area contributed by atoms with Crippen LogP contribution in [0.1, 0.15) is 27.4 Å². The number of hydrogen-bond donors (Lipinski definition) is 2. The quantitative estimate of drug-likeness (QED) is 0.194. The van der Waals surface area contributed by atoms with Crippen LogP contribution in [0.3, 0.4) is 0 Å². The van der Waals surface area contributed by atoms with Crippen LogP contribution in [0.5, 0.6) is 0 Å². The normalized spacial score (nSPS) is 18.3. The highest BCUT2D eigenvalue weighted by Crippen LogP contribution is 2.65. The number of carbonyl (C=O) groups is 2. The zero-order valence-electron chi connectivity index (χ0n) is 17.5. The largest absolute Gasteiger partial charge is 0.396 e. The van der Waals surface area contributed by atoms with Gasteiger partial charge in [-0.2, -0.15) is 0 Å². The van der Waals surface area contributed by atoms with Crippen LogP contribution in [0.4, 0.5) is 24.5 Å². The summed E-state index contributed by atoms with van der Waals surface area (Å²) in [6.45, 7) is 0. The van der Waals surface area contributed by atoms with E-state index in [1.165, 1.54) is 30.3 Å². The van der Waals surface area contributed by atoms with Gasteiger partial charge in [0.1, 0.15) is 16.0 Å². The minimum Gasteiger partial charge on any atom is -0.396 e. The van der Waals surface area contributed by atoms with Crippen molar-refractivity contribution >= 4 is 69.5 Å². The van der Waals surface area contributed by atoms with Gasteiger partial charge in [-0.1, -0.05) is 29.3 Å². The highest BCUT2D eigenvalue weighted by atomic mass is 35.5. The molecule has 0 aromatic heterocycles. The Morgan fingerprint density at radius 3 is 2.31 bits per heavy atom. The van der Waals surface area contributed by atoms with Gasteiger partial charge in [-0.05, 0) is 48.0 Å². The van der Waals surface area contributed by atoms with E-state index in [0.29, 0.717) is 5.56 Å². The fourth-order valence-corrected chi connectivity index (χ4v) is 5.08. The van der Waals surface area contributed by atoms with Crippen molar-refractivity contribution in [2.75, 3.05) is 11.1 Å². The summed E-state index contributed by atoms with van der Waals surface area (Å²) >= 11 is 24.6. The number of benzene rings is 3. The number of rotatable bonds is 6. The van der Waals surface area contributed by atoms with Crippen LogP contribution in [0.2, 0.25) is 10.0 Å². The van der Waals surface area contributed by atoms with Gasteiger partial charge < -0.3 is 11.1 Å². The Kier molecular flexibility index (Phi) is 6.99. The first kappa shape index (κ1) is 25.6. The standard InChI is InChI=1S/C24H15Cl4F3N2O2/c25-14-3-2-11(8-12(14)19(34)9-13-16(29)5-6-18(32)22(13)31)33-23(35)21-20(24(21,27)28)10-1-4-17(30)15(26)7-10/h1-8,20-21H,9,32H2,(H,33,35)/t20-,21+/m0/s1. The summed E-state index contributed by atoms with van der Waals surface area (Å²) < 4.78 is 40.3. The lowest BCUT2D eigenvalue weighted by atomic mass is 10.0. The van der Waals surface area contributed by atoms with E-state index in [4.69, 9.17) is 52.1 Å². The number of nitrogens with two attached hydrogens (primary N) is 1. The molecule has 11 heteroatoms. The van der Waals surface area contributed by atoms with Gasteiger partial charge in [0.15, 0.2) is 11.6 Å². The Bertz CT molecular complexity index is 1370. The number of anilines is 2. The van der Waals surface area contributed by atoms with Crippen molar-refractivity contribution in [3.8, 4) is 0 Å². The van der Waals surface area contributed by atoms with Gasteiger partial charge in [0, 0.05) is 29.2 Å². The molecule has 1 aliphatic carbocycles. The van der Waals surface area contributed by atoms with E-state index >= 15 is 0 Å². The molecule has 1 fully saturated rings. The van der Waals surface area contributed by atoms with Crippen molar-refractivity contribution in [3.63, 3.8) is 0 Å². The summed E-state index contributed by atoms with van der Waals surface area (Å²) in [7, 11) is 0. The Hall–Kier alpha value is -2.45. The number of halogens is 7. The first-order valence-electron chi connectivity index (χ1n) is 10.1. The SMILES string of the molecule is Nc1ccc(F)c(CC(=O)c2cc(NC(=O)[C@H]3[C@H](c4ccc(F)c(Cl)c4)C3(Cl)Cl)ccc2Cl)c1F. The van der Waals surface area contributed by atoms with E-state index in [1.54, 1.807) is 0 Å². The summed E-state index contributed by atoms with van der Waals surface area (Å²) in [5, 5.41) is 2.50. The molecule has 0 saturated heterocycles. The number of carbonyl (C=O) groups excluding carboxylic acids is 2. The predicted octanol–water partition coefficient (Wildman–Crippen LogP) is 6.94. The summed E-state index contributed by atoms with van der Waals surface area (Å²) in [5.41, 5.74) is 5.28. The molecule has 4 rings (SSSR count). The molecule has 1 amide bonds. The van der Waals surface area contributed by atoms with E-state index in [9.17, 15) is 22.8 Å². The van der Waals surface area contributed by atoms with Crippen LogP contribution in [0, 0.1) is 23.4 Å². The molecule has 4 nitrogen and oxygen atoms in total. The number of amides is 1. The second kappa shape index (κ2) is 9.54. The zero-order valence-corrected chi connectivity index (χ0v) is 20.5. The topological polar surface area (TPSA) is 72.2 Å². The maximum atomic E-state index is 14.2. The molecule has 3 N–H and O–H groups in total. The van der Waals surface area contributed by atoms with Crippen molar-refractivity contribution in [1.29, 1.82) is 0 Å². The monoisotopic (exact) mass is 560 g/mol. The number of hydrogen-bond acceptors (Lipinski definition) is 3. The molecule has 0 spiro atoms. The molecule has 1 aliphatic rings. The first-order valence-corrected chi connectivity index (χ1v) is 11.6. The van der Waals surface area contributed by atoms with Crippen LogP contribution in [0.25, 0.3) is 0 Å². The fourth-order valence-electron chi connectivity index (χ4n) is 3.84. The lowest BCUT2D eigenvalue weighted by Gasteiger charge is -2.10. The van der Waals surface area contributed by atoms with Crippen molar-refractivity contribution in [2.45, 2.75) is 16.7 Å². The zero-order chi connectivity index (χ0) is 25.7. The summed E-state index contributed by atoms with van der Waals surface area (Å²) in [5.74, 6) is -5.36. The van der Waals surface area contributed by atoms with Crippen LogP contribution in [-0.4, -0.2) is 16.0 Å². The molecule has 0 aliphatic heterocycles. The average Bonchev–Trinajstić information content (AvgIpc) is 3.39. The van der Waals surface area contributed by atoms with Crippen molar-refractivity contribution < 1.29 is 22.8 Å². The van der Waals surface area contributed by atoms with Crippen LogP contribution < -0.4 is 11.1 Å². The fraction of sp³-hybridized carbons (Fsp3) is 0.167. The molecule has 3 aromatic carbocycles. The van der Waals surface area contributed by atoms with Gasteiger partial charge >= 0.3 is 0 Å². The van der Waals surface area contributed by atoms with E-state index < -0.39 is 57.3 Å². The molecule has 0 unspecified atom stereocenters. The molecule has 35 heavy (non-hydrogen) atoms. The average molecular weight is 562 g/mol. The third kappa shape index (κ3) is 4.96. The second-order valence-electron chi connectivity index (χ2n) is 8.02. The van der Waals surface area contributed by atoms with E-state index in [0.717, 1.165) is 18.2 Å². The van der Waals surface area contributed by atoms with Crippen LogP contribution in [-0.2, 0) is 11.2 Å². The number of alkyl halides is 2. The molecule has 3 aromatic rings. The van der Waals surface area contributed by atoms with Gasteiger partial charge in [-0.25, -0.2) is 13.2 Å². The van der Waals surface area contributed by atoms with Gasteiger partial charge in [0.05, 0.1) is 21.7 Å². The van der Waals surface area contributed by atoms with Crippen molar-refractivity contribution in [1.82, 2.24) is 0 Å². The first-order chi connectivity index (χ1) is 16.4. The Balaban J connectivity index is 1.53. The molecule has 182 valence electrons. The van der Waals surface area contributed by atoms with E-state index in [1.807, 2.05) is 0 Å². The summed E-state index contributed by atoms with van der Waals surface area (Å²) in [4.78, 5) is 25.7. The van der Waals surface area contributed by atoms with Gasteiger partial charge in [-0.15, -0.1) is 23.2 Å². The molecular weight excluding hydrogens is 547 g/mol. The third-order valence-electron chi connectivity index (χ3n) is 5.73. The van der Waals surface area contributed by atoms with Crippen LogP contribution >= 0.6 is 46.4 Å². The number of Topliss-reactive ketones (excluding diaryl/α,β-unsaturated/α-hetero) is 1. The second-order valence-corrected chi connectivity index (χ2v) is 10.3. The number of nitrogen functional groups attached to an aromatic ring is 1. The smallest absolute Gasteiger partial charge is 0.231 e. The molecule has 1 saturated carbocycles.